The van der Waals surface area contributed by atoms with Crippen LogP contribution in [0, 0.1) is 24.7 Å². The van der Waals surface area contributed by atoms with E-state index in [1.54, 1.807) is 46.9 Å². The van der Waals surface area contributed by atoms with Gasteiger partial charge in [-0.3, -0.25) is 38.4 Å². The number of benzene rings is 2. The van der Waals surface area contributed by atoms with Crippen LogP contribution in [0.15, 0.2) is 54.1 Å². The quantitative estimate of drug-likeness (QED) is 0.0416. The molecule has 0 spiro atoms. The number of hydrogen-bond donors (Lipinski definition) is 4. The number of carbonyl (C=O) groups is 11. The van der Waals surface area contributed by atoms with Crippen LogP contribution in [0.5, 0.6) is 5.75 Å². The number of nitrogens with two attached hydrogens (primary N) is 1. The summed E-state index contributed by atoms with van der Waals surface area (Å²) < 4.78 is 29.9. The van der Waals surface area contributed by atoms with Crippen molar-refractivity contribution in [3.05, 3.63) is 81.4 Å². The van der Waals surface area contributed by atoms with Crippen LogP contribution in [0.3, 0.4) is 0 Å². The molecule has 0 aromatic heterocycles. The number of epoxide rings is 1. The largest absolute Gasteiger partial charge is 0.496 e. The van der Waals surface area contributed by atoms with Crippen LogP contribution >= 0.6 is 11.6 Å². The molecule has 2 aromatic carbocycles. The maximum atomic E-state index is 14.5. The molecule has 4 bridgehead atoms. The van der Waals surface area contributed by atoms with Gasteiger partial charge < -0.3 is 59.8 Å². The number of esters is 2. The molecule has 0 radical (unpaired) electrons. The number of carbonyl (C=O) groups excluding carboxylic acids is 11. The van der Waals surface area contributed by atoms with E-state index in [2.05, 4.69) is 10.6 Å². The Morgan fingerprint density at radius 3 is 2.29 bits per heavy atom. The molecule has 4 aliphatic heterocycles. The summed E-state index contributed by atoms with van der Waals surface area (Å²) in [6.45, 7) is 12.3. The van der Waals surface area contributed by atoms with Gasteiger partial charge in [-0.25, -0.2) is 14.4 Å². The molecule has 0 saturated carbocycles. The van der Waals surface area contributed by atoms with Gasteiger partial charge in [0.05, 0.1) is 48.4 Å². The first-order valence-electron chi connectivity index (χ1n) is 30.0. The number of methoxy groups -OCH3 is 2. The van der Waals surface area contributed by atoms with Gasteiger partial charge in [0, 0.05) is 84.5 Å². The molecule has 24 nitrogen and oxygen atoms in total. The van der Waals surface area contributed by atoms with Crippen LogP contribution in [0.2, 0.25) is 5.02 Å². The van der Waals surface area contributed by atoms with E-state index in [-0.39, 0.29) is 107 Å². The lowest BCUT2D eigenvalue weighted by atomic mass is 9.78. The zero-order valence-corrected chi connectivity index (χ0v) is 53.4. The number of fused-ring (bicyclic) bond motifs is 5. The Morgan fingerprint density at radius 2 is 1.64 bits per heavy atom. The number of hydroxylamine groups is 2. The van der Waals surface area contributed by atoms with Crippen LogP contribution in [-0.2, 0) is 79.8 Å². The number of imide groups is 1. The lowest BCUT2D eigenvalue weighted by Gasteiger charge is -2.41. The Kier molecular flexibility index (Phi) is 24.4. The van der Waals surface area contributed by atoms with E-state index in [0.717, 1.165) is 21.6 Å². The van der Waals surface area contributed by atoms with E-state index in [0.29, 0.717) is 27.8 Å². The summed E-state index contributed by atoms with van der Waals surface area (Å²) in [6, 6.07) is 5.00. The molecular weight excluding hydrogens is 1180 g/mol. The fraction of sp³-hybridized carbons (Fsp3) is 0.578. The highest BCUT2D eigenvalue weighted by Crippen LogP contribution is 2.50. The van der Waals surface area contributed by atoms with Crippen molar-refractivity contribution in [2.24, 2.45) is 23.5 Å². The number of anilines is 1. The number of rotatable bonds is 24. The number of halogens is 1. The van der Waals surface area contributed by atoms with Gasteiger partial charge in [-0.1, -0.05) is 68.3 Å². The van der Waals surface area contributed by atoms with Gasteiger partial charge in [-0.2, -0.15) is 0 Å². The molecule has 7 amide bonds. The minimum atomic E-state index is -1.66. The van der Waals surface area contributed by atoms with Gasteiger partial charge >= 0.3 is 23.9 Å². The molecule has 4 heterocycles. The van der Waals surface area contributed by atoms with Crippen molar-refractivity contribution in [1.82, 2.24) is 20.6 Å². The minimum Gasteiger partial charge on any atom is -0.496 e. The highest BCUT2D eigenvalue weighted by atomic mass is 35.5. The monoisotopic (exact) mass is 1260 g/mol. The predicted molar refractivity (Wildman–Crippen MR) is 324 cm³/mol. The molecule has 3 fully saturated rings. The predicted octanol–water partition coefficient (Wildman–Crippen LogP) is 5.83. The molecule has 3 saturated heterocycles. The first kappa shape index (κ1) is 70.5. The third-order valence-electron chi connectivity index (χ3n) is 17.1. The SMILES string of the molecule is COc1cc(CC(=O)[C@H](CCCNC(N)=O)NC(=O)[C@@H](CC(=O)CCCCC(=O)ON2C(=O)CCC2=O)C(C)C)ccc1C(=O)N(C)[C@@H](C)C(=O)O[C@H]1CC(=O)N(C)c2cc(cc(C)c2Cl)C/C(C)=C/C=C/[C@@H](OC)[C@]2(O)CC(=O)O[C@@H](C2)[C@@H](C)[C@@H]2O[C@@]12C. The van der Waals surface area contributed by atoms with Gasteiger partial charge in [-0.15, -0.1) is 5.06 Å². The van der Waals surface area contributed by atoms with E-state index < -0.39 is 125 Å². The smallest absolute Gasteiger partial charge is 0.333 e. The normalized spacial score (nSPS) is 24.9. The van der Waals surface area contributed by atoms with E-state index in [4.69, 9.17) is 45.9 Å². The zero-order chi connectivity index (χ0) is 65.8. The number of urea groups is 1. The average molecular weight is 1260 g/mol. The summed E-state index contributed by atoms with van der Waals surface area (Å²) in [7, 11) is 5.71. The average Bonchev–Trinajstić information content (AvgIpc) is 1.58. The first-order valence-corrected chi connectivity index (χ1v) is 30.4. The number of Topliss-reactive ketones (excluding diaryl/α,β-unsaturated/α-hetero) is 2. The summed E-state index contributed by atoms with van der Waals surface area (Å²) in [5.41, 5.74) is 5.58. The lowest BCUT2D eigenvalue weighted by molar-refractivity contribution is -0.197. The van der Waals surface area contributed by atoms with Crippen LogP contribution in [0.4, 0.5) is 10.5 Å². The molecule has 486 valence electrons. The Bertz CT molecular complexity index is 3100. The Balaban J connectivity index is 1.16. The number of amides is 7. The molecule has 0 unspecified atom stereocenters. The van der Waals surface area contributed by atoms with Crippen LogP contribution < -0.4 is 26.0 Å². The summed E-state index contributed by atoms with van der Waals surface area (Å²) in [5.74, 6) is -7.71. The third kappa shape index (κ3) is 18.1. The van der Waals surface area contributed by atoms with Crippen molar-refractivity contribution in [3.63, 3.8) is 0 Å². The number of unbranched alkanes of at least 4 members (excludes halogenated alkanes) is 1. The van der Waals surface area contributed by atoms with Gasteiger partial charge in [0.2, 0.25) is 11.8 Å². The van der Waals surface area contributed by atoms with Crippen LogP contribution in [0.25, 0.3) is 0 Å². The Morgan fingerprint density at radius 1 is 0.955 bits per heavy atom. The number of hydrogen-bond acceptors (Lipinski definition) is 18. The molecule has 10 atom stereocenters. The summed E-state index contributed by atoms with van der Waals surface area (Å²) in [6.07, 6.45) is 1.39. The van der Waals surface area contributed by atoms with E-state index in [9.17, 15) is 57.8 Å². The van der Waals surface area contributed by atoms with Crippen molar-refractivity contribution < 1.29 is 86.4 Å². The van der Waals surface area contributed by atoms with Crippen molar-refractivity contribution in [3.8, 4) is 5.75 Å². The van der Waals surface area contributed by atoms with E-state index in [1.807, 2.05) is 32.1 Å². The van der Waals surface area contributed by atoms with Crippen molar-refractivity contribution in [1.29, 1.82) is 0 Å². The third-order valence-corrected chi connectivity index (χ3v) is 17.6. The molecule has 0 aliphatic carbocycles. The van der Waals surface area contributed by atoms with Crippen molar-refractivity contribution in [2.45, 2.75) is 186 Å². The summed E-state index contributed by atoms with van der Waals surface area (Å²) in [5, 5.41) is 18.1. The standard InChI is InChI=1S/C64H85ClN6O18/c1-35(2)44(31-42(72)17-12-13-20-55(77)89-71-52(74)23-24-53(71)75)59(79)68-45(18-15-25-67-62(66)82)47(73)29-40-21-22-43(48(30-40)84-10)60(80)69(8)39(6)61(81)87-51-32-54(76)70(9)46-28-41(27-37(4)57(46)65)26-36(3)16-14-19-50(85-11)64(83)33-49(86-56(78)34-64)38(5)58-63(51,7)88-58/h14,16,19,21-22,27-28,30,35,38-39,44-45,49-51,58,83H,12-13,15,17-18,20,23-26,29,31-34H2,1-11H3,(H,68,79)(H3,66,67,82)/b19-14+,36-16+/t38-,39+,44+,45+,49+,50-,51+,58+,63+,64-/m1/s1. The minimum absolute atomic E-state index is 0.0102. The number of nitrogens with zero attached hydrogens (tertiary/aromatic N) is 3. The van der Waals surface area contributed by atoms with Crippen molar-refractivity contribution >= 4 is 82.3 Å². The topological polar surface area (TPSA) is 326 Å². The first-order chi connectivity index (χ1) is 41.9. The fourth-order valence-electron chi connectivity index (χ4n) is 11.5. The number of likely N-dealkylation sites (N-methyl/N-ethyl adjacent to an activating group) is 1. The van der Waals surface area contributed by atoms with Crippen molar-refractivity contribution in [2.75, 3.05) is 39.8 Å². The second-order valence-electron chi connectivity index (χ2n) is 24.3. The van der Waals surface area contributed by atoms with E-state index >= 15 is 0 Å². The highest BCUT2D eigenvalue weighted by Gasteiger charge is 2.64. The number of allylic oxidation sites excluding steroid dienone is 3. The maximum absolute atomic E-state index is 14.5. The molecule has 5 N–H and O–H groups in total. The van der Waals surface area contributed by atoms with Gasteiger partial charge in [0.25, 0.3) is 17.7 Å². The number of aliphatic hydroxyl groups is 1. The van der Waals surface area contributed by atoms with E-state index in [1.165, 1.54) is 51.3 Å². The Hall–Kier alpha value is -7.54. The number of primary amides is 1. The summed E-state index contributed by atoms with van der Waals surface area (Å²) in [4.78, 5) is 153. The molecule has 6 rings (SSSR count). The number of ether oxygens (including phenoxy) is 5. The second-order valence-corrected chi connectivity index (χ2v) is 24.6. The molecule has 25 heteroatoms. The second kappa shape index (κ2) is 30.8. The summed E-state index contributed by atoms with van der Waals surface area (Å²) >= 11 is 6.87. The van der Waals surface area contributed by atoms with Gasteiger partial charge in [-0.05, 0) is 101 Å². The van der Waals surface area contributed by atoms with Gasteiger partial charge in [0.1, 0.15) is 47.1 Å². The number of aryl methyl sites for hydroxylation is 1. The number of ketones is 2. The molecule has 89 heavy (non-hydrogen) atoms. The van der Waals surface area contributed by atoms with Crippen LogP contribution in [-0.4, -0.2) is 163 Å². The maximum Gasteiger partial charge on any atom is 0.333 e. The molecule has 4 aliphatic rings. The fourth-order valence-corrected chi connectivity index (χ4v) is 11.7. The van der Waals surface area contributed by atoms with Crippen LogP contribution in [0.1, 0.15) is 146 Å². The Labute approximate surface area is 523 Å². The lowest BCUT2D eigenvalue weighted by Crippen LogP contribution is -2.53. The number of nitrogens with one attached hydrogen (secondary N) is 2. The highest BCUT2D eigenvalue weighted by molar-refractivity contribution is 6.34. The van der Waals surface area contributed by atoms with Gasteiger partial charge in [0.15, 0.2) is 5.78 Å². The molecule has 2 aromatic rings. The molecular formula is C64H85ClN6O18. The zero-order valence-electron chi connectivity index (χ0n) is 52.6.